The molecule has 1 N–H and O–H groups in total. The largest absolute Gasteiger partial charge is 0.453 e. The fourth-order valence-electron chi connectivity index (χ4n) is 2.12. The van der Waals surface area contributed by atoms with E-state index in [9.17, 15) is 18.0 Å². The zero-order valence-corrected chi connectivity index (χ0v) is 12.6. The molecule has 0 aromatic carbocycles. The van der Waals surface area contributed by atoms with Crippen LogP contribution in [0.1, 0.15) is 36.6 Å². The van der Waals surface area contributed by atoms with E-state index < -0.39 is 12.0 Å². The number of hydrogen-bond acceptors (Lipinski definition) is 4. The van der Waals surface area contributed by atoms with Crippen molar-refractivity contribution < 1.29 is 18.0 Å². The summed E-state index contributed by atoms with van der Waals surface area (Å²) in [6.45, 7) is 6.87. The molecule has 2 heterocycles. The van der Waals surface area contributed by atoms with Crippen molar-refractivity contribution >= 4 is 11.7 Å². The Morgan fingerprint density at radius 1 is 1.27 bits per heavy atom. The van der Waals surface area contributed by atoms with Gasteiger partial charge in [0.1, 0.15) is 0 Å². The van der Waals surface area contributed by atoms with Crippen molar-refractivity contribution in [3.63, 3.8) is 0 Å². The van der Waals surface area contributed by atoms with Crippen LogP contribution in [-0.4, -0.2) is 31.5 Å². The van der Waals surface area contributed by atoms with Gasteiger partial charge in [-0.1, -0.05) is 0 Å². The van der Waals surface area contributed by atoms with Crippen LogP contribution in [0.25, 0.3) is 5.78 Å². The van der Waals surface area contributed by atoms with Crippen LogP contribution in [0.5, 0.6) is 0 Å². The van der Waals surface area contributed by atoms with Gasteiger partial charge in [0.15, 0.2) is 0 Å². The van der Waals surface area contributed by atoms with Gasteiger partial charge in [-0.3, -0.25) is 4.79 Å². The molecule has 6 nitrogen and oxygen atoms in total. The topological polar surface area (TPSA) is 72.2 Å². The fraction of sp³-hybridized carbons (Fsp3) is 0.538. The molecule has 2 aromatic rings. The fourth-order valence-corrected chi connectivity index (χ4v) is 2.12. The van der Waals surface area contributed by atoms with Gasteiger partial charge < -0.3 is 5.32 Å². The Morgan fingerprint density at radius 2 is 1.91 bits per heavy atom. The normalized spacial score (nSPS) is 12.2. The van der Waals surface area contributed by atoms with Crippen LogP contribution in [0.3, 0.4) is 0 Å². The number of aryl methyl sites for hydroxylation is 2. The van der Waals surface area contributed by atoms with Gasteiger partial charge in [-0.2, -0.15) is 18.2 Å². The van der Waals surface area contributed by atoms with Gasteiger partial charge in [-0.05, 0) is 27.7 Å². The maximum Gasteiger partial charge on any atom is 0.453 e. The summed E-state index contributed by atoms with van der Waals surface area (Å²) in [5.41, 5.74) is 1.43. The highest BCUT2D eigenvalue weighted by Crippen LogP contribution is 2.27. The first-order valence-corrected chi connectivity index (χ1v) is 6.69. The predicted molar refractivity (Wildman–Crippen MR) is 72.2 cm³/mol. The molecule has 22 heavy (non-hydrogen) atoms. The number of nitrogens with one attached hydrogen (secondary N) is 1. The molecule has 0 atom stereocenters. The lowest BCUT2D eigenvalue weighted by atomic mass is 10.1. The Morgan fingerprint density at radius 3 is 2.45 bits per heavy atom. The number of alkyl halides is 3. The molecule has 0 bridgehead atoms. The van der Waals surface area contributed by atoms with Gasteiger partial charge in [0.2, 0.25) is 5.91 Å². The number of carbonyl (C=O) groups is 1. The van der Waals surface area contributed by atoms with Crippen LogP contribution in [-0.2, 0) is 17.4 Å². The van der Waals surface area contributed by atoms with Crippen molar-refractivity contribution in [3.05, 3.63) is 22.8 Å². The number of carbonyl (C=O) groups excluding carboxylic acids is 1. The van der Waals surface area contributed by atoms with E-state index >= 15 is 0 Å². The van der Waals surface area contributed by atoms with E-state index in [-0.39, 0.29) is 24.1 Å². The van der Waals surface area contributed by atoms with Crippen molar-refractivity contribution in [2.45, 2.75) is 46.3 Å². The second kappa shape index (κ2) is 5.54. The number of aromatic nitrogens is 4. The maximum absolute atomic E-state index is 12.7. The second-order valence-corrected chi connectivity index (χ2v) is 5.31. The molecular formula is C13H16F3N5O. The number of halogens is 3. The molecule has 0 aliphatic heterocycles. The third-order valence-corrected chi connectivity index (χ3v) is 3.09. The van der Waals surface area contributed by atoms with Gasteiger partial charge in [0, 0.05) is 23.0 Å². The second-order valence-electron chi connectivity index (χ2n) is 5.31. The number of amides is 1. The summed E-state index contributed by atoms with van der Waals surface area (Å²) in [6, 6.07) is -0.0204. The van der Waals surface area contributed by atoms with E-state index in [2.05, 4.69) is 20.4 Å². The lowest BCUT2D eigenvalue weighted by Gasteiger charge is -2.12. The first-order chi connectivity index (χ1) is 10.1. The molecule has 0 aliphatic rings. The molecule has 0 unspecified atom stereocenters. The minimum absolute atomic E-state index is 0.0204. The van der Waals surface area contributed by atoms with Crippen LogP contribution in [0.4, 0.5) is 13.2 Å². The highest BCUT2D eigenvalue weighted by molar-refractivity contribution is 5.79. The molecule has 9 heteroatoms. The summed E-state index contributed by atoms with van der Waals surface area (Å²) in [7, 11) is 0. The van der Waals surface area contributed by atoms with E-state index in [4.69, 9.17) is 0 Å². The van der Waals surface area contributed by atoms with Crippen LogP contribution in [0.2, 0.25) is 0 Å². The quantitative estimate of drug-likeness (QED) is 0.938. The highest BCUT2D eigenvalue weighted by Gasteiger charge is 2.37. The summed E-state index contributed by atoms with van der Waals surface area (Å²) in [4.78, 5) is 19.3. The summed E-state index contributed by atoms with van der Waals surface area (Å²) in [5.74, 6) is -1.60. The van der Waals surface area contributed by atoms with E-state index in [0.29, 0.717) is 17.0 Å². The molecule has 0 spiro atoms. The van der Waals surface area contributed by atoms with Crippen LogP contribution < -0.4 is 5.32 Å². The van der Waals surface area contributed by atoms with Gasteiger partial charge in [0.05, 0.1) is 6.42 Å². The summed E-state index contributed by atoms with van der Waals surface area (Å²) < 4.78 is 39.1. The smallest absolute Gasteiger partial charge is 0.354 e. The standard InChI is InChI=1S/C13H16F3N5O/c1-6(2)17-10(22)5-9-7(3)18-12-19-11(13(14,15)16)20-21(12)8(9)4/h6H,5H2,1-4H3,(H,17,22). The third-order valence-electron chi connectivity index (χ3n) is 3.09. The third kappa shape index (κ3) is 3.18. The van der Waals surface area contributed by atoms with E-state index in [0.717, 1.165) is 4.52 Å². The maximum atomic E-state index is 12.7. The monoisotopic (exact) mass is 315 g/mol. The van der Waals surface area contributed by atoms with Crippen molar-refractivity contribution in [1.82, 2.24) is 24.9 Å². The molecule has 2 aromatic heterocycles. The highest BCUT2D eigenvalue weighted by atomic mass is 19.4. The lowest BCUT2D eigenvalue weighted by molar-refractivity contribution is -0.144. The van der Waals surface area contributed by atoms with Crippen molar-refractivity contribution in [1.29, 1.82) is 0 Å². The Labute approximate surface area is 124 Å². The number of hydrogen-bond donors (Lipinski definition) is 1. The van der Waals surface area contributed by atoms with Gasteiger partial charge in [0.25, 0.3) is 11.6 Å². The molecule has 120 valence electrons. The van der Waals surface area contributed by atoms with Crippen LogP contribution >= 0.6 is 0 Å². The Kier molecular flexibility index (Phi) is 4.08. The van der Waals surface area contributed by atoms with Crippen LogP contribution in [0, 0.1) is 13.8 Å². The van der Waals surface area contributed by atoms with E-state index in [1.54, 1.807) is 13.8 Å². The molecular weight excluding hydrogens is 299 g/mol. The lowest BCUT2D eigenvalue weighted by Crippen LogP contribution is -2.32. The van der Waals surface area contributed by atoms with Crippen molar-refractivity contribution in [3.8, 4) is 0 Å². The average molecular weight is 315 g/mol. The minimum atomic E-state index is -4.64. The predicted octanol–water partition coefficient (Wildman–Crippen LogP) is 1.83. The molecule has 0 saturated carbocycles. The first kappa shape index (κ1) is 16.2. The van der Waals surface area contributed by atoms with Crippen molar-refractivity contribution in [2.75, 3.05) is 0 Å². The molecule has 0 fully saturated rings. The first-order valence-electron chi connectivity index (χ1n) is 6.69. The number of fused-ring (bicyclic) bond motifs is 1. The van der Waals surface area contributed by atoms with E-state index in [1.807, 2.05) is 13.8 Å². The Bertz CT molecular complexity index is 721. The molecule has 0 aliphatic carbocycles. The SMILES string of the molecule is Cc1nc2nc(C(F)(F)F)nn2c(C)c1CC(=O)NC(C)C. The molecule has 1 amide bonds. The van der Waals surface area contributed by atoms with Gasteiger partial charge in [-0.15, -0.1) is 5.10 Å². The van der Waals surface area contributed by atoms with Gasteiger partial charge >= 0.3 is 6.18 Å². The van der Waals surface area contributed by atoms with Crippen molar-refractivity contribution in [2.24, 2.45) is 0 Å². The summed E-state index contributed by atoms with van der Waals surface area (Å²) in [5, 5.41) is 6.17. The Balaban J connectivity index is 2.46. The number of rotatable bonds is 3. The van der Waals surface area contributed by atoms with Crippen LogP contribution in [0.15, 0.2) is 0 Å². The summed E-state index contributed by atoms with van der Waals surface area (Å²) in [6.07, 6.45) is -4.61. The zero-order valence-electron chi connectivity index (χ0n) is 12.6. The molecule has 0 radical (unpaired) electrons. The van der Waals surface area contributed by atoms with Gasteiger partial charge in [-0.25, -0.2) is 9.50 Å². The Hall–Kier alpha value is -2.19. The molecule has 0 saturated heterocycles. The summed E-state index contributed by atoms with van der Waals surface area (Å²) >= 11 is 0. The zero-order chi connectivity index (χ0) is 16.7. The number of nitrogens with zero attached hydrogens (tertiary/aromatic N) is 4. The molecule has 2 rings (SSSR count). The minimum Gasteiger partial charge on any atom is -0.354 e. The average Bonchev–Trinajstić information content (AvgIpc) is 2.77. The van der Waals surface area contributed by atoms with E-state index in [1.165, 1.54) is 0 Å².